The molecule has 104 valence electrons. The molecule has 4 aromatic rings. The molecule has 0 bridgehead atoms. The molecule has 2 aromatic heterocycles. The fraction of sp³-hybridized carbons (Fsp3) is 0.118. The van der Waals surface area contributed by atoms with E-state index >= 15 is 0 Å². The average Bonchev–Trinajstić information content (AvgIpc) is 2.86. The second-order valence-electron chi connectivity index (χ2n) is 4.79. The summed E-state index contributed by atoms with van der Waals surface area (Å²) in [5.41, 5.74) is 1.37. The molecule has 21 heavy (non-hydrogen) atoms. The van der Waals surface area contributed by atoms with E-state index in [1.54, 1.807) is 12.1 Å². The van der Waals surface area contributed by atoms with Gasteiger partial charge in [0, 0.05) is 5.39 Å². The van der Waals surface area contributed by atoms with Crippen LogP contribution in [0.1, 0.15) is 6.92 Å². The van der Waals surface area contributed by atoms with Crippen molar-refractivity contribution in [1.29, 1.82) is 0 Å². The molecule has 0 radical (unpaired) electrons. The van der Waals surface area contributed by atoms with E-state index in [0.29, 0.717) is 28.7 Å². The minimum atomic E-state index is -0.359. The highest BCUT2D eigenvalue weighted by atomic mass is 16.5. The summed E-state index contributed by atoms with van der Waals surface area (Å²) < 4.78 is 16.8. The molecule has 0 aliphatic carbocycles. The Morgan fingerprint density at radius 2 is 1.71 bits per heavy atom. The quantitative estimate of drug-likeness (QED) is 0.555. The molecule has 0 saturated carbocycles. The lowest BCUT2D eigenvalue weighted by Gasteiger charge is -2.01. The average molecular weight is 280 g/mol. The maximum Gasteiger partial charge on any atom is 0.344 e. The highest BCUT2D eigenvalue weighted by molar-refractivity contribution is 6.11. The number of furan rings is 1. The van der Waals surface area contributed by atoms with Gasteiger partial charge in [0.2, 0.25) is 0 Å². The third-order valence-corrected chi connectivity index (χ3v) is 3.51. The van der Waals surface area contributed by atoms with E-state index in [4.69, 9.17) is 13.6 Å². The molecule has 0 fully saturated rings. The van der Waals surface area contributed by atoms with Gasteiger partial charge < -0.3 is 13.6 Å². The molecule has 0 spiro atoms. The maximum atomic E-state index is 12.1. The van der Waals surface area contributed by atoms with Crippen molar-refractivity contribution in [3.8, 4) is 5.75 Å². The normalized spacial score (nSPS) is 11.5. The topological polar surface area (TPSA) is 52.6 Å². The summed E-state index contributed by atoms with van der Waals surface area (Å²) in [4.78, 5) is 12.1. The van der Waals surface area contributed by atoms with Crippen molar-refractivity contribution >= 4 is 32.9 Å². The molecule has 0 atom stereocenters. The van der Waals surface area contributed by atoms with Crippen LogP contribution >= 0.6 is 0 Å². The van der Waals surface area contributed by atoms with Gasteiger partial charge in [0.25, 0.3) is 0 Å². The molecule has 2 aromatic carbocycles. The van der Waals surface area contributed by atoms with Gasteiger partial charge in [0.1, 0.15) is 11.3 Å². The summed E-state index contributed by atoms with van der Waals surface area (Å²) in [5.74, 6) is 0.725. The molecular formula is C17H12O4. The lowest BCUT2D eigenvalue weighted by atomic mass is 10.1. The number of hydrogen-bond donors (Lipinski definition) is 0. The Hall–Kier alpha value is -2.75. The molecule has 2 heterocycles. The van der Waals surface area contributed by atoms with Crippen molar-refractivity contribution in [3.63, 3.8) is 0 Å². The predicted octanol–water partition coefficient (Wildman–Crippen LogP) is 4.09. The van der Waals surface area contributed by atoms with Crippen LogP contribution in [0.2, 0.25) is 0 Å². The monoisotopic (exact) mass is 280 g/mol. The fourth-order valence-electron chi connectivity index (χ4n) is 2.60. The predicted molar refractivity (Wildman–Crippen MR) is 80.9 cm³/mol. The first-order valence-corrected chi connectivity index (χ1v) is 6.79. The molecule has 0 aliphatic heterocycles. The van der Waals surface area contributed by atoms with E-state index in [1.807, 2.05) is 37.3 Å². The number of ether oxygens (including phenoxy) is 1. The second kappa shape index (κ2) is 4.38. The summed E-state index contributed by atoms with van der Waals surface area (Å²) in [5, 5.41) is 2.03. The smallest absolute Gasteiger partial charge is 0.344 e. The molecule has 4 heteroatoms. The standard InChI is InChI=1S/C17H12O4/c1-2-19-10-7-8-14-13(9-10)16-15(20-14)11-5-3-4-6-12(11)17(18)21-16/h3-9H,2H2,1H3. The Labute approximate surface area is 119 Å². The van der Waals surface area contributed by atoms with Gasteiger partial charge in [-0.15, -0.1) is 0 Å². The van der Waals surface area contributed by atoms with Crippen LogP contribution in [0, 0.1) is 0 Å². The minimum absolute atomic E-state index is 0.359. The molecule has 0 amide bonds. The molecule has 0 aliphatic rings. The van der Waals surface area contributed by atoms with Crippen molar-refractivity contribution in [2.75, 3.05) is 6.61 Å². The Bertz CT molecular complexity index is 1020. The van der Waals surface area contributed by atoms with Gasteiger partial charge in [-0.1, -0.05) is 18.2 Å². The summed E-state index contributed by atoms with van der Waals surface area (Å²) in [6.45, 7) is 2.50. The highest BCUT2D eigenvalue weighted by Gasteiger charge is 2.15. The molecule has 0 unspecified atom stereocenters. The number of benzene rings is 2. The van der Waals surface area contributed by atoms with Crippen LogP contribution in [0.5, 0.6) is 5.75 Å². The van der Waals surface area contributed by atoms with Crippen molar-refractivity contribution in [2.24, 2.45) is 0 Å². The van der Waals surface area contributed by atoms with Crippen LogP contribution in [-0.4, -0.2) is 6.61 Å². The zero-order chi connectivity index (χ0) is 14.4. The SMILES string of the molecule is CCOc1ccc2oc3c4ccccc4c(=O)oc3c2c1. The van der Waals surface area contributed by atoms with Crippen LogP contribution in [-0.2, 0) is 0 Å². The Kier molecular flexibility index (Phi) is 2.51. The van der Waals surface area contributed by atoms with Crippen LogP contribution in [0.4, 0.5) is 0 Å². The first-order chi connectivity index (χ1) is 10.3. The first-order valence-electron chi connectivity index (χ1n) is 6.79. The largest absolute Gasteiger partial charge is 0.494 e. The van der Waals surface area contributed by atoms with Crippen LogP contribution in [0.25, 0.3) is 32.9 Å². The number of fused-ring (bicyclic) bond motifs is 5. The van der Waals surface area contributed by atoms with Gasteiger partial charge >= 0.3 is 5.63 Å². The highest BCUT2D eigenvalue weighted by Crippen LogP contribution is 2.34. The van der Waals surface area contributed by atoms with Gasteiger partial charge in [-0.3, -0.25) is 0 Å². The molecule has 0 saturated heterocycles. The Balaban J connectivity index is 2.17. The Morgan fingerprint density at radius 3 is 2.52 bits per heavy atom. The first kappa shape index (κ1) is 12.0. The van der Waals surface area contributed by atoms with E-state index in [1.165, 1.54) is 0 Å². The van der Waals surface area contributed by atoms with Crippen molar-refractivity contribution < 1.29 is 13.6 Å². The summed E-state index contributed by atoms with van der Waals surface area (Å²) in [6, 6.07) is 12.8. The third kappa shape index (κ3) is 1.72. The van der Waals surface area contributed by atoms with E-state index in [0.717, 1.165) is 16.5 Å². The van der Waals surface area contributed by atoms with E-state index in [9.17, 15) is 4.79 Å². The third-order valence-electron chi connectivity index (χ3n) is 3.51. The van der Waals surface area contributed by atoms with Crippen molar-refractivity contribution in [2.45, 2.75) is 6.92 Å². The van der Waals surface area contributed by atoms with Crippen LogP contribution in [0.15, 0.2) is 56.1 Å². The van der Waals surface area contributed by atoms with Gasteiger partial charge in [-0.25, -0.2) is 4.79 Å². The molecular weight excluding hydrogens is 268 g/mol. The lowest BCUT2D eigenvalue weighted by Crippen LogP contribution is -1.98. The molecule has 0 N–H and O–H groups in total. The van der Waals surface area contributed by atoms with Gasteiger partial charge in [-0.2, -0.15) is 0 Å². The molecule has 4 nitrogen and oxygen atoms in total. The van der Waals surface area contributed by atoms with Gasteiger partial charge in [0.15, 0.2) is 11.2 Å². The maximum absolute atomic E-state index is 12.1. The molecule has 4 rings (SSSR count). The van der Waals surface area contributed by atoms with E-state index < -0.39 is 0 Å². The van der Waals surface area contributed by atoms with Crippen molar-refractivity contribution in [1.82, 2.24) is 0 Å². The summed E-state index contributed by atoms with van der Waals surface area (Å²) >= 11 is 0. The zero-order valence-electron chi connectivity index (χ0n) is 11.4. The lowest BCUT2D eigenvalue weighted by molar-refractivity contribution is 0.340. The van der Waals surface area contributed by atoms with Crippen LogP contribution in [0.3, 0.4) is 0 Å². The fourth-order valence-corrected chi connectivity index (χ4v) is 2.60. The van der Waals surface area contributed by atoms with Gasteiger partial charge in [-0.05, 0) is 31.2 Å². The minimum Gasteiger partial charge on any atom is -0.494 e. The summed E-state index contributed by atoms with van der Waals surface area (Å²) in [7, 11) is 0. The van der Waals surface area contributed by atoms with E-state index in [-0.39, 0.29) is 5.63 Å². The summed E-state index contributed by atoms with van der Waals surface area (Å²) in [6.07, 6.45) is 0. The number of rotatable bonds is 2. The zero-order valence-corrected chi connectivity index (χ0v) is 11.4. The van der Waals surface area contributed by atoms with E-state index in [2.05, 4.69) is 0 Å². The van der Waals surface area contributed by atoms with Gasteiger partial charge in [0.05, 0.1) is 17.4 Å². The second-order valence-corrected chi connectivity index (χ2v) is 4.79. The number of hydrogen-bond acceptors (Lipinski definition) is 4. The Morgan fingerprint density at radius 1 is 0.952 bits per heavy atom. The van der Waals surface area contributed by atoms with Crippen molar-refractivity contribution in [3.05, 3.63) is 52.9 Å². The van der Waals surface area contributed by atoms with Crippen LogP contribution < -0.4 is 10.4 Å².